The second-order valence-corrected chi connectivity index (χ2v) is 5.92. The lowest BCUT2D eigenvalue weighted by Gasteiger charge is -2.26. The molecule has 0 radical (unpaired) electrons. The first kappa shape index (κ1) is 15.1. The summed E-state index contributed by atoms with van der Waals surface area (Å²) < 4.78 is 0.801. The van der Waals surface area contributed by atoms with Crippen LogP contribution in [0, 0.1) is 0 Å². The fraction of sp³-hybridized carbons (Fsp3) is 0.188. The standard InChI is InChI=1S/C16H15BrClNO/c1-11(12-6-5-7-13(18)10-12)19(2)16(20)14-8-3-4-9-15(14)17/h3-11H,1-2H3. The maximum atomic E-state index is 12.5. The van der Waals surface area contributed by atoms with Crippen LogP contribution in [0.25, 0.3) is 0 Å². The Hall–Kier alpha value is -1.32. The SMILES string of the molecule is CC(c1cccc(Cl)c1)N(C)C(=O)c1ccccc1Br. The molecule has 2 aromatic rings. The number of carbonyl (C=O) groups excluding carboxylic acids is 1. The molecule has 104 valence electrons. The lowest BCUT2D eigenvalue weighted by molar-refractivity contribution is 0.0741. The average Bonchev–Trinajstić information content (AvgIpc) is 2.45. The van der Waals surface area contributed by atoms with Crippen LogP contribution in [0.1, 0.15) is 28.9 Å². The Morgan fingerprint density at radius 3 is 2.55 bits per heavy atom. The van der Waals surface area contributed by atoms with Crippen LogP contribution in [0.4, 0.5) is 0 Å². The maximum Gasteiger partial charge on any atom is 0.255 e. The van der Waals surface area contributed by atoms with Crippen molar-refractivity contribution in [2.75, 3.05) is 7.05 Å². The van der Waals surface area contributed by atoms with Gasteiger partial charge in [0, 0.05) is 16.5 Å². The second kappa shape index (κ2) is 6.42. The number of hydrogen-bond acceptors (Lipinski definition) is 1. The minimum absolute atomic E-state index is 0.0232. The largest absolute Gasteiger partial charge is 0.335 e. The third-order valence-electron chi connectivity index (χ3n) is 3.34. The Morgan fingerprint density at radius 1 is 1.20 bits per heavy atom. The molecule has 0 heterocycles. The topological polar surface area (TPSA) is 20.3 Å². The van der Waals surface area contributed by atoms with E-state index in [-0.39, 0.29) is 11.9 Å². The predicted octanol–water partition coefficient (Wildman–Crippen LogP) is 4.94. The van der Waals surface area contributed by atoms with Gasteiger partial charge in [0.05, 0.1) is 11.6 Å². The van der Waals surface area contributed by atoms with E-state index in [0.29, 0.717) is 10.6 Å². The van der Waals surface area contributed by atoms with Crippen molar-refractivity contribution in [1.82, 2.24) is 4.90 Å². The molecule has 0 N–H and O–H groups in total. The van der Waals surface area contributed by atoms with Crippen LogP contribution in [-0.2, 0) is 0 Å². The first-order valence-electron chi connectivity index (χ1n) is 6.28. The molecule has 0 aromatic heterocycles. The van der Waals surface area contributed by atoms with Gasteiger partial charge in [-0.2, -0.15) is 0 Å². The number of amides is 1. The molecule has 2 nitrogen and oxygen atoms in total. The number of nitrogens with zero attached hydrogens (tertiary/aromatic N) is 1. The fourth-order valence-electron chi connectivity index (χ4n) is 1.99. The molecule has 0 saturated heterocycles. The van der Waals surface area contributed by atoms with E-state index < -0.39 is 0 Å². The molecule has 0 spiro atoms. The van der Waals surface area contributed by atoms with E-state index in [1.54, 1.807) is 11.9 Å². The van der Waals surface area contributed by atoms with E-state index in [1.165, 1.54) is 0 Å². The van der Waals surface area contributed by atoms with Gasteiger partial charge in [-0.15, -0.1) is 0 Å². The van der Waals surface area contributed by atoms with E-state index in [1.807, 2.05) is 55.5 Å². The first-order chi connectivity index (χ1) is 9.50. The summed E-state index contributed by atoms with van der Waals surface area (Å²) in [6.07, 6.45) is 0. The van der Waals surface area contributed by atoms with Crippen LogP contribution in [-0.4, -0.2) is 17.9 Å². The van der Waals surface area contributed by atoms with Crippen LogP contribution >= 0.6 is 27.5 Å². The quantitative estimate of drug-likeness (QED) is 0.766. The predicted molar refractivity (Wildman–Crippen MR) is 86.1 cm³/mol. The van der Waals surface area contributed by atoms with Crippen LogP contribution in [0.3, 0.4) is 0 Å². The second-order valence-electron chi connectivity index (χ2n) is 4.63. The molecule has 0 saturated carbocycles. The molecular weight excluding hydrogens is 338 g/mol. The number of rotatable bonds is 3. The maximum absolute atomic E-state index is 12.5. The lowest BCUT2D eigenvalue weighted by atomic mass is 10.1. The molecule has 0 aliphatic heterocycles. The van der Waals surface area contributed by atoms with Gasteiger partial charge in [0.2, 0.25) is 0 Å². The van der Waals surface area contributed by atoms with E-state index in [4.69, 9.17) is 11.6 Å². The molecule has 0 aliphatic carbocycles. The van der Waals surface area contributed by atoms with Crippen LogP contribution < -0.4 is 0 Å². The summed E-state index contributed by atoms with van der Waals surface area (Å²) in [6, 6.07) is 15.0. The highest BCUT2D eigenvalue weighted by Crippen LogP contribution is 2.25. The first-order valence-corrected chi connectivity index (χ1v) is 7.45. The van der Waals surface area contributed by atoms with Gasteiger partial charge < -0.3 is 4.90 Å². The van der Waals surface area contributed by atoms with Crippen LogP contribution in [0.5, 0.6) is 0 Å². The Labute approximate surface area is 132 Å². The summed E-state index contributed by atoms with van der Waals surface area (Å²) in [6.45, 7) is 1.99. The van der Waals surface area contributed by atoms with E-state index in [9.17, 15) is 4.79 Å². The summed E-state index contributed by atoms with van der Waals surface area (Å²) in [5.41, 5.74) is 1.67. The molecular formula is C16H15BrClNO. The zero-order chi connectivity index (χ0) is 14.7. The molecule has 20 heavy (non-hydrogen) atoms. The van der Waals surface area contributed by atoms with Crippen molar-refractivity contribution < 1.29 is 4.79 Å². The van der Waals surface area contributed by atoms with Gasteiger partial charge in [-0.3, -0.25) is 4.79 Å². The van der Waals surface area contributed by atoms with Crippen molar-refractivity contribution in [3.05, 3.63) is 69.2 Å². The molecule has 1 unspecified atom stereocenters. The molecule has 2 aromatic carbocycles. The van der Waals surface area contributed by atoms with Gasteiger partial charge in [0.1, 0.15) is 0 Å². The molecule has 0 bridgehead atoms. The molecule has 0 aliphatic rings. The summed E-state index contributed by atoms with van der Waals surface area (Å²) in [7, 11) is 1.80. The monoisotopic (exact) mass is 351 g/mol. The van der Waals surface area contributed by atoms with Crippen LogP contribution in [0.15, 0.2) is 53.0 Å². The van der Waals surface area contributed by atoms with Gasteiger partial charge in [-0.25, -0.2) is 0 Å². The highest BCUT2D eigenvalue weighted by Gasteiger charge is 2.20. The number of carbonyl (C=O) groups is 1. The average molecular weight is 353 g/mol. The van der Waals surface area contributed by atoms with Gasteiger partial charge in [0.15, 0.2) is 0 Å². The Kier molecular flexibility index (Phi) is 4.84. The smallest absolute Gasteiger partial charge is 0.255 e. The summed E-state index contributed by atoms with van der Waals surface area (Å²) >= 11 is 9.42. The zero-order valence-electron chi connectivity index (χ0n) is 11.3. The van der Waals surface area contributed by atoms with Crippen molar-refractivity contribution in [3.63, 3.8) is 0 Å². The molecule has 2 rings (SSSR count). The zero-order valence-corrected chi connectivity index (χ0v) is 13.6. The van der Waals surface area contributed by atoms with Gasteiger partial charge in [-0.05, 0) is 52.7 Å². The van der Waals surface area contributed by atoms with Gasteiger partial charge >= 0.3 is 0 Å². The number of hydrogen-bond donors (Lipinski definition) is 0. The lowest BCUT2D eigenvalue weighted by Crippen LogP contribution is -2.29. The third-order valence-corrected chi connectivity index (χ3v) is 4.26. The Balaban J connectivity index is 2.25. The van der Waals surface area contributed by atoms with Gasteiger partial charge in [-0.1, -0.05) is 35.9 Å². The van der Waals surface area contributed by atoms with Crippen molar-refractivity contribution in [1.29, 1.82) is 0 Å². The molecule has 1 amide bonds. The number of benzene rings is 2. The van der Waals surface area contributed by atoms with Crippen molar-refractivity contribution in [3.8, 4) is 0 Å². The molecule has 1 atom stereocenters. The van der Waals surface area contributed by atoms with E-state index >= 15 is 0 Å². The fourth-order valence-corrected chi connectivity index (χ4v) is 2.64. The number of halogens is 2. The van der Waals surface area contributed by atoms with Crippen molar-refractivity contribution >= 4 is 33.4 Å². The Bertz CT molecular complexity index is 629. The van der Waals surface area contributed by atoms with Crippen molar-refractivity contribution in [2.24, 2.45) is 0 Å². The summed E-state index contributed by atoms with van der Waals surface area (Å²) in [5, 5.41) is 0.677. The summed E-state index contributed by atoms with van der Waals surface area (Å²) in [4.78, 5) is 14.2. The summed E-state index contributed by atoms with van der Waals surface area (Å²) in [5.74, 6) is -0.0232. The van der Waals surface area contributed by atoms with Crippen molar-refractivity contribution in [2.45, 2.75) is 13.0 Å². The highest BCUT2D eigenvalue weighted by atomic mass is 79.9. The van der Waals surface area contributed by atoms with Crippen LogP contribution in [0.2, 0.25) is 5.02 Å². The minimum atomic E-state index is -0.0479. The highest BCUT2D eigenvalue weighted by molar-refractivity contribution is 9.10. The molecule has 4 heteroatoms. The normalized spacial score (nSPS) is 12.0. The Morgan fingerprint density at radius 2 is 1.90 bits per heavy atom. The molecule has 0 fully saturated rings. The van der Waals surface area contributed by atoms with E-state index in [0.717, 1.165) is 10.0 Å². The third kappa shape index (κ3) is 3.22. The van der Waals surface area contributed by atoms with Gasteiger partial charge in [0.25, 0.3) is 5.91 Å². The minimum Gasteiger partial charge on any atom is -0.335 e. The van der Waals surface area contributed by atoms with E-state index in [2.05, 4.69) is 15.9 Å².